The smallest absolute Gasteiger partial charge is 0.338 e. The Hall–Kier alpha value is -2.49. The number of nitrogens with zero attached hydrogens (tertiary/aromatic N) is 1. The predicted molar refractivity (Wildman–Crippen MR) is 71.0 cm³/mol. The molecule has 1 aromatic carbocycles. The molecule has 0 unspecified atom stereocenters. The number of ether oxygens (including phenoxy) is 1. The summed E-state index contributed by atoms with van der Waals surface area (Å²) in [6.07, 6.45) is 1.65. The fourth-order valence-corrected chi connectivity index (χ4v) is 1.79. The van der Waals surface area contributed by atoms with E-state index in [0.717, 1.165) is 0 Å². The number of hydrogen-bond donors (Lipinski definition) is 0. The second kappa shape index (κ2) is 5.44. The third-order valence-corrected chi connectivity index (χ3v) is 2.77. The van der Waals surface area contributed by atoms with Crippen LogP contribution in [0.1, 0.15) is 27.6 Å². The Morgan fingerprint density at radius 1 is 1.16 bits per heavy atom. The van der Waals surface area contributed by atoms with E-state index in [2.05, 4.69) is 4.98 Å². The van der Waals surface area contributed by atoms with Crippen molar-refractivity contribution in [1.29, 1.82) is 0 Å². The summed E-state index contributed by atoms with van der Waals surface area (Å²) in [7, 11) is 1.31. The molecule has 4 nitrogen and oxygen atoms in total. The maximum absolute atomic E-state index is 11.8. The quantitative estimate of drug-likeness (QED) is 0.625. The average molecular weight is 255 g/mol. The molecule has 0 saturated heterocycles. The van der Waals surface area contributed by atoms with Crippen molar-refractivity contribution in [2.75, 3.05) is 7.11 Å². The monoisotopic (exact) mass is 255 g/mol. The van der Waals surface area contributed by atoms with Gasteiger partial charge in [0.2, 0.25) is 0 Å². The van der Waals surface area contributed by atoms with E-state index in [1.165, 1.54) is 20.1 Å². The van der Waals surface area contributed by atoms with E-state index in [4.69, 9.17) is 4.74 Å². The number of rotatable bonds is 3. The molecule has 0 aliphatic heterocycles. The Bertz CT molecular complexity index is 621. The van der Waals surface area contributed by atoms with Gasteiger partial charge in [0, 0.05) is 17.3 Å². The first-order valence-electron chi connectivity index (χ1n) is 5.78. The molecule has 0 radical (unpaired) electrons. The highest BCUT2D eigenvalue weighted by Crippen LogP contribution is 2.23. The molecule has 4 heteroatoms. The van der Waals surface area contributed by atoms with Crippen LogP contribution in [0.5, 0.6) is 0 Å². The first-order chi connectivity index (χ1) is 9.13. The Labute approximate surface area is 111 Å². The molecule has 0 aliphatic rings. The number of carbonyl (C=O) groups excluding carboxylic acids is 2. The van der Waals surface area contributed by atoms with Crippen LogP contribution in [0.4, 0.5) is 0 Å². The van der Waals surface area contributed by atoms with Crippen LogP contribution in [0.2, 0.25) is 0 Å². The summed E-state index contributed by atoms with van der Waals surface area (Å²) in [6.45, 7) is 1.46. The van der Waals surface area contributed by atoms with Crippen LogP contribution in [0.25, 0.3) is 11.3 Å². The molecule has 0 aliphatic carbocycles. The van der Waals surface area contributed by atoms with Crippen molar-refractivity contribution in [3.05, 3.63) is 53.7 Å². The van der Waals surface area contributed by atoms with Crippen LogP contribution in [-0.2, 0) is 4.74 Å². The van der Waals surface area contributed by atoms with E-state index in [1.54, 1.807) is 30.5 Å². The van der Waals surface area contributed by atoms with Crippen molar-refractivity contribution in [2.45, 2.75) is 6.92 Å². The molecule has 0 atom stereocenters. The lowest BCUT2D eigenvalue weighted by molar-refractivity contribution is 0.0601. The number of carbonyl (C=O) groups is 2. The molecule has 0 fully saturated rings. The fraction of sp³-hybridized carbons (Fsp3) is 0.133. The second-order valence-electron chi connectivity index (χ2n) is 4.02. The van der Waals surface area contributed by atoms with Gasteiger partial charge in [-0.3, -0.25) is 9.78 Å². The van der Waals surface area contributed by atoms with E-state index < -0.39 is 5.97 Å². The zero-order chi connectivity index (χ0) is 13.8. The van der Waals surface area contributed by atoms with Gasteiger partial charge >= 0.3 is 5.97 Å². The summed E-state index contributed by atoms with van der Waals surface area (Å²) in [4.78, 5) is 27.4. The average Bonchev–Trinajstić information content (AvgIpc) is 2.46. The minimum atomic E-state index is -0.483. The van der Waals surface area contributed by atoms with Gasteiger partial charge < -0.3 is 4.74 Å². The van der Waals surface area contributed by atoms with Crippen molar-refractivity contribution in [1.82, 2.24) is 4.98 Å². The molecule has 0 saturated carbocycles. The molecule has 1 heterocycles. The minimum absolute atomic E-state index is 0.0993. The van der Waals surface area contributed by atoms with E-state index in [0.29, 0.717) is 22.4 Å². The van der Waals surface area contributed by atoms with Gasteiger partial charge in [-0.1, -0.05) is 18.2 Å². The summed E-state index contributed by atoms with van der Waals surface area (Å²) in [5.41, 5.74) is 2.13. The van der Waals surface area contributed by atoms with Gasteiger partial charge in [0.25, 0.3) is 0 Å². The van der Waals surface area contributed by atoms with E-state index in [9.17, 15) is 9.59 Å². The lowest BCUT2D eigenvalue weighted by atomic mass is 9.99. The zero-order valence-electron chi connectivity index (χ0n) is 10.7. The topological polar surface area (TPSA) is 56.3 Å². The molecular weight excluding hydrogens is 242 g/mol. The molecule has 0 bridgehead atoms. The zero-order valence-corrected chi connectivity index (χ0v) is 10.7. The largest absolute Gasteiger partial charge is 0.465 e. The first-order valence-corrected chi connectivity index (χ1v) is 5.78. The van der Waals surface area contributed by atoms with Crippen LogP contribution in [0.3, 0.4) is 0 Å². The fourth-order valence-electron chi connectivity index (χ4n) is 1.79. The normalized spacial score (nSPS) is 10.0. The first kappa shape index (κ1) is 13.0. The number of esters is 1. The van der Waals surface area contributed by atoms with Crippen LogP contribution in [-0.4, -0.2) is 23.8 Å². The van der Waals surface area contributed by atoms with E-state index in [1.807, 2.05) is 6.07 Å². The summed E-state index contributed by atoms with van der Waals surface area (Å²) in [5, 5.41) is 0. The standard InChI is InChI=1S/C15H13NO3/c1-10(17)11-6-7-12(13(9-11)15(18)19-2)14-5-3-4-8-16-14/h3-9H,1-2H3. The molecule has 96 valence electrons. The molecule has 2 rings (SSSR count). The van der Waals surface area contributed by atoms with Gasteiger partial charge in [-0.15, -0.1) is 0 Å². The molecule has 0 N–H and O–H groups in total. The second-order valence-corrected chi connectivity index (χ2v) is 4.02. The lowest BCUT2D eigenvalue weighted by Crippen LogP contribution is -2.06. The third-order valence-electron chi connectivity index (χ3n) is 2.77. The highest BCUT2D eigenvalue weighted by atomic mass is 16.5. The third kappa shape index (κ3) is 2.68. The van der Waals surface area contributed by atoms with Gasteiger partial charge in [-0.2, -0.15) is 0 Å². The van der Waals surface area contributed by atoms with Crippen molar-refractivity contribution >= 4 is 11.8 Å². The number of pyridine rings is 1. The minimum Gasteiger partial charge on any atom is -0.465 e. The molecule has 0 spiro atoms. The number of Topliss-reactive ketones (excluding diaryl/α,β-unsaturated/α-hetero) is 1. The van der Waals surface area contributed by atoms with E-state index >= 15 is 0 Å². The van der Waals surface area contributed by atoms with Crippen LogP contribution in [0.15, 0.2) is 42.6 Å². The molecule has 19 heavy (non-hydrogen) atoms. The number of methoxy groups -OCH3 is 1. The Morgan fingerprint density at radius 2 is 1.95 bits per heavy atom. The van der Waals surface area contributed by atoms with Crippen LogP contribution >= 0.6 is 0 Å². The number of ketones is 1. The number of benzene rings is 1. The van der Waals surface area contributed by atoms with Crippen molar-refractivity contribution in [2.24, 2.45) is 0 Å². The predicted octanol–water partition coefficient (Wildman–Crippen LogP) is 2.74. The Morgan fingerprint density at radius 3 is 2.53 bits per heavy atom. The lowest BCUT2D eigenvalue weighted by Gasteiger charge is -2.08. The maximum atomic E-state index is 11.8. The molecular formula is C15H13NO3. The number of hydrogen-bond acceptors (Lipinski definition) is 4. The Kier molecular flexibility index (Phi) is 3.71. The van der Waals surface area contributed by atoms with Crippen LogP contribution in [0, 0.1) is 0 Å². The molecule has 0 amide bonds. The molecule has 2 aromatic rings. The summed E-state index contributed by atoms with van der Waals surface area (Å²) in [5.74, 6) is -0.582. The SMILES string of the molecule is COC(=O)c1cc(C(C)=O)ccc1-c1ccccn1. The van der Waals surface area contributed by atoms with Crippen molar-refractivity contribution in [3.63, 3.8) is 0 Å². The van der Waals surface area contributed by atoms with Crippen LogP contribution < -0.4 is 0 Å². The summed E-state index contributed by atoms with van der Waals surface area (Å²) >= 11 is 0. The molecule has 1 aromatic heterocycles. The van der Waals surface area contributed by atoms with Gasteiger partial charge in [-0.25, -0.2) is 4.79 Å². The van der Waals surface area contributed by atoms with Crippen molar-refractivity contribution < 1.29 is 14.3 Å². The highest BCUT2D eigenvalue weighted by Gasteiger charge is 2.16. The summed E-state index contributed by atoms with van der Waals surface area (Å²) < 4.78 is 4.76. The van der Waals surface area contributed by atoms with Gasteiger partial charge in [0.1, 0.15) is 0 Å². The van der Waals surface area contributed by atoms with Gasteiger partial charge in [0.05, 0.1) is 18.4 Å². The van der Waals surface area contributed by atoms with Gasteiger partial charge in [-0.05, 0) is 25.1 Å². The van der Waals surface area contributed by atoms with Gasteiger partial charge in [0.15, 0.2) is 5.78 Å². The van der Waals surface area contributed by atoms with Crippen molar-refractivity contribution in [3.8, 4) is 11.3 Å². The Balaban J connectivity index is 2.61. The maximum Gasteiger partial charge on any atom is 0.338 e. The highest BCUT2D eigenvalue weighted by molar-refractivity contribution is 6.01. The summed E-state index contributed by atoms with van der Waals surface area (Å²) in [6, 6.07) is 10.4. The van der Waals surface area contributed by atoms with E-state index in [-0.39, 0.29) is 5.78 Å². The number of aromatic nitrogens is 1.